The molecule has 0 aromatic carbocycles. The summed E-state index contributed by atoms with van der Waals surface area (Å²) in [6.45, 7) is 6.55. The summed E-state index contributed by atoms with van der Waals surface area (Å²) >= 11 is 0. The molecule has 3 nitrogen and oxygen atoms in total. The molecule has 86 valence electrons. The highest BCUT2D eigenvalue weighted by atomic mass is 16.5. The van der Waals surface area contributed by atoms with Crippen molar-refractivity contribution in [2.75, 3.05) is 6.61 Å². The average Bonchev–Trinajstić information content (AvgIpc) is 2.75. The van der Waals surface area contributed by atoms with Gasteiger partial charge in [-0.15, -0.1) is 0 Å². The largest absolute Gasteiger partial charge is 0.473 e. The van der Waals surface area contributed by atoms with Crippen molar-refractivity contribution >= 4 is 11.3 Å². The third-order valence-corrected chi connectivity index (χ3v) is 3.01. The van der Waals surface area contributed by atoms with Crippen LogP contribution in [0.25, 0.3) is 5.57 Å². The topological polar surface area (TPSA) is 34.5 Å². The number of ether oxygens (including phenoxy) is 1. The number of allylic oxidation sites excluding steroid dienone is 1. The Morgan fingerprint density at radius 3 is 2.94 bits per heavy atom. The van der Waals surface area contributed by atoms with Crippen LogP contribution >= 0.6 is 0 Å². The predicted octanol–water partition coefficient (Wildman–Crippen LogP) is 2.78. The van der Waals surface area contributed by atoms with Gasteiger partial charge in [0.05, 0.1) is 5.69 Å². The summed E-state index contributed by atoms with van der Waals surface area (Å²) < 4.78 is 5.59. The summed E-state index contributed by atoms with van der Waals surface area (Å²) in [5.41, 5.74) is 5.50. The summed E-state index contributed by atoms with van der Waals surface area (Å²) in [5.74, 6) is 0.750. The number of aromatic nitrogens is 1. The van der Waals surface area contributed by atoms with E-state index in [0.29, 0.717) is 6.61 Å². The van der Waals surface area contributed by atoms with Gasteiger partial charge in [-0.2, -0.15) is 0 Å². The Balaban J connectivity index is 1.92. The van der Waals surface area contributed by atoms with Crippen molar-refractivity contribution in [1.29, 1.82) is 0 Å². The third kappa shape index (κ3) is 1.88. The van der Waals surface area contributed by atoms with Crippen LogP contribution in [0.1, 0.15) is 24.6 Å². The van der Waals surface area contributed by atoms with Crippen LogP contribution < -0.4 is 4.74 Å². The molecule has 3 heteroatoms. The minimum Gasteiger partial charge on any atom is -0.473 e. The van der Waals surface area contributed by atoms with E-state index in [1.165, 1.54) is 5.57 Å². The molecule has 0 saturated heterocycles. The number of rotatable bonds is 1. The number of aliphatic imine (C=N–C) groups is 1. The molecule has 2 aliphatic heterocycles. The average molecular weight is 226 g/mol. The van der Waals surface area contributed by atoms with E-state index < -0.39 is 0 Å². The molecule has 0 bridgehead atoms. The molecular weight excluding hydrogens is 212 g/mol. The Bertz CT molecular complexity index is 555. The van der Waals surface area contributed by atoms with E-state index in [9.17, 15) is 0 Å². The predicted molar refractivity (Wildman–Crippen MR) is 68.3 cm³/mol. The summed E-state index contributed by atoms with van der Waals surface area (Å²) in [6, 6.07) is 4.12. The Morgan fingerprint density at radius 1 is 1.29 bits per heavy atom. The fourth-order valence-corrected chi connectivity index (χ4v) is 2.11. The number of nitrogens with zero attached hydrogens (tertiary/aromatic N) is 2. The van der Waals surface area contributed by atoms with Crippen molar-refractivity contribution in [3.05, 3.63) is 41.7 Å². The van der Waals surface area contributed by atoms with Gasteiger partial charge in [-0.25, -0.2) is 4.98 Å². The van der Waals surface area contributed by atoms with E-state index in [0.717, 1.165) is 41.3 Å². The number of hydrogen-bond acceptors (Lipinski definition) is 3. The highest BCUT2D eigenvalue weighted by Crippen LogP contribution is 2.29. The van der Waals surface area contributed by atoms with Gasteiger partial charge in [0.1, 0.15) is 6.61 Å². The normalized spacial score (nSPS) is 18.3. The molecule has 0 spiro atoms. The molecule has 0 N–H and O–H groups in total. The van der Waals surface area contributed by atoms with Gasteiger partial charge >= 0.3 is 0 Å². The van der Waals surface area contributed by atoms with Crippen LogP contribution in [-0.2, 0) is 6.42 Å². The summed E-state index contributed by atoms with van der Waals surface area (Å²) in [4.78, 5) is 8.84. The fourth-order valence-electron chi connectivity index (χ4n) is 2.11. The first-order valence-electron chi connectivity index (χ1n) is 5.74. The quantitative estimate of drug-likeness (QED) is 0.690. The van der Waals surface area contributed by atoms with Crippen molar-refractivity contribution in [1.82, 2.24) is 4.98 Å². The number of pyridine rings is 1. The maximum atomic E-state index is 5.59. The second kappa shape index (κ2) is 3.84. The highest BCUT2D eigenvalue weighted by Gasteiger charge is 2.17. The lowest BCUT2D eigenvalue weighted by Crippen LogP contribution is -2.13. The van der Waals surface area contributed by atoms with Gasteiger partial charge in [-0.3, -0.25) is 4.99 Å². The lowest BCUT2D eigenvalue weighted by atomic mass is 10.0. The lowest BCUT2D eigenvalue weighted by molar-refractivity contribution is 0.318. The molecule has 3 heterocycles. The van der Waals surface area contributed by atoms with E-state index in [1.54, 1.807) is 0 Å². The fraction of sp³-hybridized carbons (Fsp3) is 0.286. The Labute approximate surface area is 101 Å². The van der Waals surface area contributed by atoms with Gasteiger partial charge in [0.25, 0.3) is 0 Å². The zero-order chi connectivity index (χ0) is 11.8. The SMILES string of the molecule is C=C1COc2nc(C3=CN=C(C)C3)ccc2C1. The van der Waals surface area contributed by atoms with Gasteiger partial charge in [0.2, 0.25) is 5.88 Å². The first-order valence-corrected chi connectivity index (χ1v) is 5.74. The van der Waals surface area contributed by atoms with Gasteiger partial charge < -0.3 is 4.74 Å². The van der Waals surface area contributed by atoms with Crippen molar-refractivity contribution in [2.45, 2.75) is 19.8 Å². The first kappa shape index (κ1) is 10.3. The maximum Gasteiger partial charge on any atom is 0.217 e. The van der Waals surface area contributed by atoms with Gasteiger partial charge in [0, 0.05) is 35.9 Å². The lowest BCUT2D eigenvalue weighted by Gasteiger charge is -2.18. The zero-order valence-electron chi connectivity index (χ0n) is 9.86. The van der Waals surface area contributed by atoms with Crippen molar-refractivity contribution in [3.63, 3.8) is 0 Å². The smallest absolute Gasteiger partial charge is 0.217 e. The van der Waals surface area contributed by atoms with E-state index >= 15 is 0 Å². The van der Waals surface area contributed by atoms with E-state index in [1.807, 2.05) is 19.2 Å². The molecule has 0 saturated carbocycles. The Morgan fingerprint density at radius 2 is 2.18 bits per heavy atom. The second-order valence-electron chi connectivity index (χ2n) is 4.57. The molecule has 0 aliphatic carbocycles. The Kier molecular flexibility index (Phi) is 2.32. The summed E-state index contributed by atoms with van der Waals surface area (Å²) in [7, 11) is 0. The molecule has 1 aromatic rings. The highest BCUT2D eigenvalue weighted by molar-refractivity contribution is 5.96. The van der Waals surface area contributed by atoms with Crippen LogP contribution in [-0.4, -0.2) is 17.3 Å². The van der Waals surface area contributed by atoms with E-state index in [2.05, 4.69) is 22.6 Å². The van der Waals surface area contributed by atoms with Crippen LogP contribution in [0.15, 0.2) is 35.5 Å². The van der Waals surface area contributed by atoms with Gasteiger partial charge in [-0.05, 0) is 18.6 Å². The van der Waals surface area contributed by atoms with Crippen LogP contribution in [0.3, 0.4) is 0 Å². The minimum atomic E-state index is 0.581. The van der Waals surface area contributed by atoms with Crippen LogP contribution in [0.5, 0.6) is 5.88 Å². The standard InChI is InChI=1S/C14H14N2O/c1-9-5-11-3-4-13(16-14(11)17-8-9)12-6-10(2)15-7-12/h3-4,7H,1,5-6,8H2,2H3. The molecule has 2 aliphatic rings. The number of fused-ring (bicyclic) bond motifs is 1. The molecule has 0 radical (unpaired) electrons. The third-order valence-electron chi connectivity index (χ3n) is 3.01. The molecule has 1 aromatic heterocycles. The van der Waals surface area contributed by atoms with Crippen LogP contribution in [0.4, 0.5) is 0 Å². The molecule has 17 heavy (non-hydrogen) atoms. The summed E-state index contributed by atoms with van der Waals surface area (Å²) in [6.07, 6.45) is 3.65. The zero-order valence-corrected chi connectivity index (χ0v) is 9.86. The Hall–Kier alpha value is -1.90. The summed E-state index contributed by atoms with van der Waals surface area (Å²) in [5, 5.41) is 0. The monoisotopic (exact) mass is 226 g/mol. The van der Waals surface area contributed by atoms with Crippen molar-refractivity contribution in [3.8, 4) is 5.88 Å². The number of hydrogen-bond donors (Lipinski definition) is 0. The van der Waals surface area contributed by atoms with E-state index in [-0.39, 0.29) is 0 Å². The van der Waals surface area contributed by atoms with Crippen LogP contribution in [0.2, 0.25) is 0 Å². The minimum absolute atomic E-state index is 0.581. The second-order valence-corrected chi connectivity index (χ2v) is 4.57. The van der Waals surface area contributed by atoms with Crippen molar-refractivity contribution < 1.29 is 4.74 Å². The molecule has 0 fully saturated rings. The molecule has 0 unspecified atom stereocenters. The molecule has 3 rings (SSSR count). The molecule has 0 amide bonds. The molecular formula is C14H14N2O. The van der Waals surface area contributed by atoms with Crippen molar-refractivity contribution in [2.24, 2.45) is 4.99 Å². The van der Waals surface area contributed by atoms with Crippen LogP contribution in [0, 0.1) is 0 Å². The maximum absolute atomic E-state index is 5.59. The van der Waals surface area contributed by atoms with Gasteiger partial charge in [-0.1, -0.05) is 12.6 Å². The van der Waals surface area contributed by atoms with E-state index in [4.69, 9.17) is 4.74 Å². The first-order chi connectivity index (χ1) is 8.22. The molecule has 0 atom stereocenters. The van der Waals surface area contributed by atoms with Gasteiger partial charge in [0.15, 0.2) is 0 Å².